The van der Waals surface area contributed by atoms with Gasteiger partial charge in [-0.3, -0.25) is 0 Å². The molecule has 1 nitrogen and oxygen atoms in total. The van der Waals surface area contributed by atoms with E-state index in [4.69, 9.17) is 0 Å². The van der Waals surface area contributed by atoms with Crippen molar-refractivity contribution in [2.45, 2.75) is 38.7 Å². The maximum Gasteiger partial charge on any atom is 0.0548 e. The lowest BCUT2D eigenvalue weighted by molar-refractivity contribution is 0.158. The van der Waals surface area contributed by atoms with Gasteiger partial charge in [-0.05, 0) is 24.9 Å². The summed E-state index contributed by atoms with van der Waals surface area (Å²) in [5, 5.41) is 9.30. The number of rotatable bonds is 6. The van der Waals surface area contributed by atoms with Crippen molar-refractivity contribution in [1.29, 1.82) is 0 Å². The van der Waals surface area contributed by atoms with Gasteiger partial charge in [0.15, 0.2) is 0 Å². The number of thioether (sulfide) groups is 1. The predicted octanol–water partition coefficient (Wildman–Crippen LogP) is 2.29. The van der Waals surface area contributed by atoms with Gasteiger partial charge in [0.25, 0.3) is 0 Å². The lowest BCUT2D eigenvalue weighted by Gasteiger charge is -2.07. The molecule has 0 fully saturated rings. The Balaban J connectivity index is 3.00. The molecule has 62 valence electrons. The van der Waals surface area contributed by atoms with Gasteiger partial charge >= 0.3 is 0 Å². The Bertz CT molecular complexity index is 58.3. The van der Waals surface area contributed by atoms with Crippen LogP contribution in [0.1, 0.15) is 32.6 Å². The average molecular weight is 162 g/mol. The van der Waals surface area contributed by atoms with Crippen molar-refractivity contribution in [3.63, 3.8) is 0 Å². The fraction of sp³-hybridized carbons (Fsp3) is 1.00. The van der Waals surface area contributed by atoms with Crippen molar-refractivity contribution in [3.05, 3.63) is 0 Å². The van der Waals surface area contributed by atoms with E-state index in [1.165, 1.54) is 6.42 Å². The van der Waals surface area contributed by atoms with E-state index < -0.39 is 0 Å². The van der Waals surface area contributed by atoms with E-state index in [1.807, 2.05) is 0 Å². The predicted molar refractivity (Wildman–Crippen MR) is 48.5 cm³/mol. The zero-order chi connectivity index (χ0) is 7.82. The third-order valence-corrected chi connectivity index (χ3v) is 2.19. The minimum absolute atomic E-state index is 0.0487. The van der Waals surface area contributed by atoms with E-state index in [0.29, 0.717) is 0 Å². The Labute approximate surface area is 68.2 Å². The van der Waals surface area contributed by atoms with Crippen LogP contribution in [0.3, 0.4) is 0 Å². The average Bonchev–Trinajstić information content (AvgIpc) is 1.97. The van der Waals surface area contributed by atoms with Crippen LogP contribution in [-0.4, -0.2) is 23.2 Å². The fourth-order valence-electron chi connectivity index (χ4n) is 0.838. The molecule has 0 heterocycles. The lowest BCUT2D eigenvalue weighted by atomic mass is 10.1. The van der Waals surface area contributed by atoms with Gasteiger partial charge in [0.05, 0.1) is 6.10 Å². The quantitative estimate of drug-likeness (QED) is 0.646. The second kappa shape index (κ2) is 7.42. The van der Waals surface area contributed by atoms with Gasteiger partial charge in [0, 0.05) is 0 Å². The summed E-state index contributed by atoms with van der Waals surface area (Å²) in [5.74, 6) is 1.09. The molecular weight excluding hydrogens is 144 g/mol. The molecule has 1 unspecified atom stereocenters. The normalized spacial score (nSPS) is 13.5. The molecule has 0 aliphatic rings. The van der Waals surface area contributed by atoms with Crippen LogP contribution in [0.25, 0.3) is 0 Å². The number of unbranched alkanes of at least 4 members (excludes halogenated alkanes) is 1. The van der Waals surface area contributed by atoms with Crippen LogP contribution < -0.4 is 0 Å². The molecule has 1 N–H and O–H groups in total. The molecule has 0 aromatic carbocycles. The van der Waals surface area contributed by atoms with Crippen molar-refractivity contribution < 1.29 is 5.11 Å². The molecule has 0 aromatic rings. The van der Waals surface area contributed by atoms with Crippen LogP contribution in [0.4, 0.5) is 0 Å². The first kappa shape index (κ1) is 10.3. The molecule has 0 bridgehead atoms. The highest BCUT2D eigenvalue weighted by molar-refractivity contribution is 7.98. The highest BCUT2D eigenvalue weighted by Crippen LogP contribution is 2.06. The smallest absolute Gasteiger partial charge is 0.0548 e. The second-order valence-electron chi connectivity index (χ2n) is 2.58. The maximum absolute atomic E-state index is 9.30. The minimum Gasteiger partial charge on any atom is -0.393 e. The Morgan fingerprint density at radius 2 is 2.10 bits per heavy atom. The van der Waals surface area contributed by atoms with Crippen LogP contribution in [-0.2, 0) is 0 Å². The summed E-state index contributed by atoms with van der Waals surface area (Å²) in [5.41, 5.74) is 0. The largest absolute Gasteiger partial charge is 0.393 e. The highest BCUT2D eigenvalue weighted by atomic mass is 32.2. The van der Waals surface area contributed by atoms with Crippen LogP contribution in [0.2, 0.25) is 0 Å². The first-order chi connectivity index (χ1) is 4.81. The third-order valence-electron chi connectivity index (χ3n) is 1.55. The summed E-state index contributed by atoms with van der Waals surface area (Å²) >= 11 is 1.80. The number of aliphatic hydroxyl groups is 1. The molecule has 1 atom stereocenters. The molecule has 0 aliphatic heterocycles. The Hall–Kier alpha value is 0.310. The summed E-state index contributed by atoms with van der Waals surface area (Å²) in [6, 6.07) is 0. The topological polar surface area (TPSA) is 20.2 Å². The molecule has 0 spiro atoms. The van der Waals surface area contributed by atoms with Gasteiger partial charge < -0.3 is 5.11 Å². The van der Waals surface area contributed by atoms with Crippen molar-refractivity contribution >= 4 is 11.8 Å². The molecule has 0 saturated heterocycles. The number of hydrogen-bond donors (Lipinski definition) is 1. The molecule has 0 aromatic heterocycles. The van der Waals surface area contributed by atoms with E-state index in [9.17, 15) is 5.11 Å². The summed E-state index contributed by atoms with van der Waals surface area (Å²) in [4.78, 5) is 0. The summed E-state index contributed by atoms with van der Waals surface area (Å²) in [7, 11) is 0. The SMILES string of the molecule is CCCCC(O)CCSC. The Kier molecular flexibility index (Phi) is 7.65. The van der Waals surface area contributed by atoms with Gasteiger partial charge in [0.2, 0.25) is 0 Å². The van der Waals surface area contributed by atoms with E-state index in [1.54, 1.807) is 11.8 Å². The fourth-order valence-corrected chi connectivity index (χ4v) is 1.35. The molecule has 0 saturated carbocycles. The first-order valence-corrected chi connectivity index (χ1v) is 5.37. The zero-order valence-corrected chi connectivity index (χ0v) is 7.78. The van der Waals surface area contributed by atoms with Gasteiger partial charge in [-0.2, -0.15) is 11.8 Å². The second-order valence-corrected chi connectivity index (χ2v) is 3.56. The molecule has 0 amide bonds. The van der Waals surface area contributed by atoms with Gasteiger partial charge in [-0.15, -0.1) is 0 Å². The Morgan fingerprint density at radius 3 is 2.60 bits per heavy atom. The van der Waals surface area contributed by atoms with E-state index in [2.05, 4.69) is 13.2 Å². The Morgan fingerprint density at radius 1 is 1.40 bits per heavy atom. The standard InChI is InChI=1S/C8H18OS/c1-3-4-5-8(9)6-7-10-2/h8-9H,3-7H2,1-2H3. The summed E-state index contributed by atoms with van der Waals surface area (Å²) in [6.07, 6.45) is 6.32. The number of hydrogen-bond acceptors (Lipinski definition) is 2. The molecule has 2 heteroatoms. The van der Waals surface area contributed by atoms with Crippen LogP contribution in [0, 0.1) is 0 Å². The van der Waals surface area contributed by atoms with Gasteiger partial charge in [-0.1, -0.05) is 19.8 Å². The summed E-state index contributed by atoms with van der Waals surface area (Å²) in [6.45, 7) is 2.15. The van der Waals surface area contributed by atoms with Crippen molar-refractivity contribution in [2.24, 2.45) is 0 Å². The van der Waals surface area contributed by atoms with Crippen molar-refractivity contribution in [1.82, 2.24) is 0 Å². The van der Waals surface area contributed by atoms with Crippen LogP contribution >= 0.6 is 11.8 Å². The molecule has 0 radical (unpaired) electrons. The monoisotopic (exact) mass is 162 g/mol. The van der Waals surface area contributed by atoms with Crippen molar-refractivity contribution in [2.75, 3.05) is 12.0 Å². The molecule has 0 rings (SSSR count). The molecular formula is C8H18OS. The molecule has 0 aliphatic carbocycles. The third kappa shape index (κ3) is 6.43. The molecule has 10 heavy (non-hydrogen) atoms. The number of aliphatic hydroxyl groups excluding tert-OH is 1. The van der Waals surface area contributed by atoms with E-state index >= 15 is 0 Å². The zero-order valence-electron chi connectivity index (χ0n) is 6.97. The van der Waals surface area contributed by atoms with Crippen LogP contribution in [0.15, 0.2) is 0 Å². The van der Waals surface area contributed by atoms with E-state index in [-0.39, 0.29) is 6.10 Å². The van der Waals surface area contributed by atoms with Crippen molar-refractivity contribution in [3.8, 4) is 0 Å². The highest BCUT2D eigenvalue weighted by Gasteiger charge is 2.00. The lowest BCUT2D eigenvalue weighted by Crippen LogP contribution is -2.06. The van der Waals surface area contributed by atoms with Gasteiger partial charge in [0.1, 0.15) is 0 Å². The summed E-state index contributed by atoms with van der Waals surface area (Å²) < 4.78 is 0. The van der Waals surface area contributed by atoms with E-state index in [0.717, 1.165) is 25.0 Å². The first-order valence-electron chi connectivity index (χ1n) is 3.98. The maximum atomic E-state index is 9.30. The minimum atomic E-state index is -0.0487. The van der Waals surface area contributed by atoms with Crippen LogP contribution in [0.5, 0.6) is 0 Å². The van der Waals surface area contributed by atoms with Gasteiger partial charge in [-0.25, -0.2) is 0 Å².